The van der Waals surface area contributed by atoms with E-state index < -0.39 is 0 Å². The Hall–Kier alpha value is -1.54. The Labute approximate surface area is 100 Å². The van der Waals surface area contributed by atoms with Crippen LogP contribution in [0.25, 0.3) is 6.08 Å². The van der Waals surface area contributed by atoms with Crippen molar-refractivity contribution in [2.24, 2.45) is 7.05 Å². The molecule has 0 N–H and O–H groups in total. The number of hydrogen-bond acceptors (Lipinski definition) is 1. The van der Waals surface area contributed by atoms with Crippen LogP contribution in [0.2, 0.25) is 5.02 Å². The fourth-order valence-electron chi connectivity index (χ4n) is 1.63. The molecule has 0 aliphatic carbocycles. The SMILES string of the molecule is C=Cc1cc(Cc2ccc(Cl)cc2)nn1C. The molecule has 0 atom stereocenters. The van der Waals surface area contributed by atoms with E-state index in [0.29, 0.717) is 0 Å². The first-order valence-corrected chi connectivity index (χ1v) is 5.46. The minimum Gasteiger partial charge on any atom is -0.268 e. The number of halogens is 1. The predicted octanol–water partition coefficient (Wildman–Crippen LogP) is 3.31. The molecular weight excluding hydrogens is 220 g/mol. The van der Waals surface area contributed by atoms with Crippen molar-refractivity contribution < 1.29 is 0 Å². The highest BCUT2D eigenvalue weighted by Crippen LogP contribution is 2.14. The van der Waals surface area contributed by atoms with Gasteiger partial charge in [0.1, 0.15) is 0 Å². The maximum atomic E-state index is 5.83. The quantitative estimate of drug-likeness (QED) is 0.794. The van der Waals surface area contributed by atoms with Crippen molar-refractivity contribution in [3.8, 4) is 0 Å². The molecule has 2 nitrogen and oxygen atoms in total. The molecule has 82 valence electrons. The van der Waals surface area contributed by atoms with Crippen LogP contribution in [0, 0.1) is 0 Å². The van der Waals surface area contributed by atoms with E-state index in [1.165, 1.54) is 5.56 Å². The monoisotopic (exact) mass is 232 g/mol. The lowest BCUT2D eigenvalue weighted by Crippen LogP contribution is -1.94. The zero-order chi connectivity index (χ0) is 11.5. The van der Waals surface area contributed by atoms with E-state index in [1.807, 2.05) is 42.1 Å². The zero-order valence-electron chi connectivity index (χ0n) is 9.15. The summed E-state index contributed by atoms with van der Waals surface area (Å²) in [7, 11) is 1.92. The summed E-state index contributed by atoms with van der Waals surface area (Å²) in [5, 5.41) is 5.17. The van der Waals surface area contributed by atoms with E-state index in [-0.39, 0.29) is 0 Å². The van der Waals surface area contributed by atoms with Gasteiger partial charge < -0.3 is 0 Å². The largest absolute Gasteiger partial charge is 0.268 e. The standard InChI is InChI=1S/C13H13ClN2/c1-3-13-9-12(15-16(13)2)8-10-4-6-11(14)7-5-10/h3-7,9H,1,8H2,2H3. The maximum Gasteiger partial charge on any atom is 0.0674 e. The van der Waals surface area contributed by atoms with E-state index in [0.717, 1.165) is 22.8 Å². The molecule has 1 heterocycles. The molecule has 0 saturated carbocycles. The van der Waals surface area contributed by atoms with Crippen molar-refractivity contribution >= 4 is 17.7 Å². The molecule has 0 saturated heterocycles. The Morgan fingerprint density at radius 3 is 2.62 bits per heavy atom. The number of rotatable bonds is 3. The maximum absolute atomic E-state index is 5.83. The molecule has 0 radical (unpaired) electrons. The number of aryl methyl sites for hydroxylation is 1. The predicted molar refractivity (Wildman–Crippen MR) is 67.6 cm³/mol. The molecule has 1 aromatic carbocycles. The Kier molecular flexibility index (Phi) is 3.11. The van der Waals surface area contributed by atoms with Gasteiger partial charge in [-0.05, 0) is 29.8 Å². The fraction of sp³-hybridized carbons (Fsp3) is 0.154. The molecule has 0 unspecified atom stereocenters. The number of aromatic nitrogens is 2. The van der Waals surface area contributed by atoms with Gasteiger partial charge in [0.15, 0.2) is 0 Å². The Balaban J connectivity index is 2.20. The van der Waals surface area contributed by atoms with E-state index in [9.17, 15) is 0 Å². The second kappa shape index (κ2) is 4.54. The Bertz CT molecular complexity index is 497. The van der Waals surface area contributed by atoms with Crippen molar-refractivity contribution in [3.63, 3.8) is 0 Å². The molecule has 0 aliphatic rings. The van der Waals surface area contributed by atoms with Crippen LogP contribution in [0.3, 0.4) is 0 Å². The lowest BCUT2D eigenvalue weighted by atomic mass is 10.1. The van der Waals surface area contributed by atoms with Gasteiger partial charge in [0.05, 0.1) is 11.4 Å². The molecule has 0 aliphatic heterocycles. The second-order valence-corrected chi connectivity index (χ2v) is 4.13. The minimum absolute atomic E-state index is 0.761. The van der Waals surface area contributed by atoms with Crippen LogP contribution >= 0.6 is 11.6 Å². The van der Waals surface area contributed by atoms with Gasteiger partial charge >= 0.3 is 0 Å². The van der Waals surface area contributed by atoms with Crippen molar-refractivity contribution in [1.82, 2.24) is 9.78 Å². The van der Waals surface area contributed by atoms with Crippen molar-refractivity contribution in [2.45, 2.75) is 6.42 Å². The summed E-state index contributed by atoms with van der Waals surface area (Å²) >= 11 is 5.83. The summed E-state index contributed by atoms with van der Waals surface area (Å²) in [6, 6.07) is 9.87. The van der Waals surface area contributed by atoms with Crippen LogP contribution < -0.4 is 0 Å². The molecular formula is C13H13ClN2. The first-order valence-electron chi connectivity index (χ1n) is 5.09. The number of benzene rings is 1. The molecule has 2 aromatic rings. The van der Waals surface area contributed by atoms with Gasteiger partial charge in [-0.25, -0.2) is 0 Å². The highest BCUT2D eigenvalue weighted by Gasteiger charge is 2.03. The van der Waals surface area contributed by atoms with Crippen LogP contribution in [0.5, 0.6) is 0 Å². The number of hydrogen-bond donors (Lipinski definition) is 0. The topological polar surface area (TPSA) is 17.8 Å². The first-order chi connectivity index (χ1) is 7.69. The van der Waals surface area contributed by atoms with E-state index in [1.54, 1.807) is 6.08 Å². The Morgan fingerprint density at radius 2 is 2.06 bits per heavy atom. The summed E-state index contributed by atoms with van der Waals surface area (Å²) in [5.74, 6) is 0. The van der Waals surface area contributed by atoms with Gasteiger partial charge in [-0.3, -0.25) is 4.68 Å². The van der Waals surface area contributed by atoms with Crippen LogP contribution in [-0.2, 0) is 13.5 Å². The summed E-state index contributed by atoms with van der Waals surface area (Å²) in [5.41, 5.74) is 3.28. The van der Waals surface area contributed by atoms with Gasteiger partial charge in [-0.1, -0.05) is 30.3 Å². The third kappa shape index (κ3) is 2.34. The highest BCUT2D eigenvalue weighted by molar-refractivity contribution is 6.30. The van der Waals surface area contributed by atoms with E-state index in [2.05, 4.69) is 11.7 Å². The molecule has 1 aromatic heterocycles. The normalized spacial score (nSPS) is 10.4. The first kappa shape index (κ1) is 11.0. The molecule has 3 heteroatoms. The molecule has 0 bridgehead atoms. The summed E-state index contributed by atoms with van der Waals surface area (Å²) in [6.45, 7) is 3.75. The molecule has 2 rings (SSSR count). The zero-order valence-corrected chi connectivity index (χ0v) is 9.91. The lowest BCUT2D eigenvalue weighted by Gasteiger charge is -1.97. The third-order valence-electron chi connectivity index (χ3n) is 2.47. The molecule has 16 heavy (non-hydrogen) atoms. The average Bonchev–Trinajstić information content (AvgIpc) is 2.62. The fourth-order valence-corrected chi connectivity index (χ4v) is 1.76. The van der Waals surface area contributed by atoms with E-state index >= 15 is 0 Å². The van der Waals surface area contributed by atoms with Crippen molar-refractivity contribution in [3.05, 3.63) is 58.9 Å². The van der Waals surface area contributed by atoms with Gasteiger partial charge in [0, 0.05) is 18.5 Å². The summed E-state index contributed by atoms with van der Waals surface area (Å²) in [6.07, 6.45) is 2.62. The third-order valence-corrected chi connectivity index (χ3v) is 2.73. The van der Waals surface area contributed by atoms with Crippen LogP contribution in [-0.4, -0.2) is 9.78 Å². The summed E-state index contributed by atoms with van der Waals surface area (Å²) < 4.78 is 1.83. The smallest absolute Gasteiger partial charge is 0.0674 e. The second-order valence-electron chi connectivity index (χ2n) is 3.69. The molecule has 0 amide bonds. The van der Waals surface area contributed by atoms with Crippen LogP contribution in [0.15, 0.2) is 36.9 Å². The summed E-state index contributed by atoms with van der Waals surface area (Å²) in [4.78, 5) is 0. The molecule has 0 spiro atoms. The minimum atomic E-state index is 0.761. The van der Waals surface area contributed by atoms with Crippen LogP contribution in [0.4, 0.5) is 0 Å². The van der Waals surface area contributed by atoms with Crippen molar-refractivity contribution in [1.29, 1.82) is 0 Å². The van der Waals surface area contributed by atoms with Crippen molar-refractivity contribution in [2.75, 3.05) is 0 Å². The highest BCUT2D eigenvalue weighted by atomic mass is 35.5. The van der Waals surface area contributed by atoms with Gasteiger partial charge in [-0.15, -0.1) is 0 Å². The van der Waals surface area contributed by atoms with Crippen LogP contribution in [0.1, 0.15) is 17.0 Å². The van der Waals surface area contributed by atoms with Gasteiger partial charge in [-0.2, -0.15) is 5.10 Å². The number of nitrogens with zero attached hydrogens (tertiary/aromatic N) is 2. The average molecular weight is 233 g/mol. The van der Waals surface area contributed by atoms with E-state index in [4.69, 9.17) is 11.6 Å². The lowest BCUT2D eigenvalue weighted by molar-refractivity contribution is 0.742. The van der Waals surface area contributed by atoms with Gasteiger partial charge in [0.25, 0.3) is 0 Å². The Morgan fingerprint density at radius 1 is 1.38 bits per heavy atom. The van der Waals surface area contributed by atoms with Gasteiger partial charge in [0.2, 0.25) is 0 Å². The molecule has 0 fully saturated rings.